The Morgan fingerprint density at radius 3 is 2.62 bits per heavy atom. The van der Waals surface area contributed by atoms with E-state index in [4.69, 9.17) is 0 Å². The van der Waals surface area contributed by atoms with Crippen molar-refractivity contribution in [2.24, 2.45) is 0 Å². The highest BCUT2D eigenvalue weighted by Gasteiger charge is 2.13. The number of ketones is 1. The van der Waals surface area contributed by atoms with Gasteiger partial charge in [0.25, 0.3) is 5.89 Å². The van der Waals surface area contributed by atoms with Gasteiger partial charge in [0.15, 0.2) is 11.6 Å². The Bertz CT molecular complexity index is 552. The van der Waals surface area contributed by atoms with Gasteiger partial charge in [0.05, 0.1) is 0 Å². The zero-order valence-electron chi connectivity index (χ0n) is 8.20. The molecule has 16 heavy (non-hydrogen) atoms. The van der Waals surface area contributed by atoms with Gasteiger partial charge in [0.1, 0.15) is 0 Å². The molecule has 0 aliphatic rings. The van der Waals surface area contributed by atoms with Crippen molar-refractivity contribution in [2.75, 3.05) is 0 Å². The number of carbonyl (C=O) groups is 1. The van der Waals surface area contributed by atoms with Crippen LogP contribution in [0.25, 0.3) is 11.4 Å². The second kappa shape index (κ2) is 3.80. The topological polar surface area (TPSA) is 56.0 Å². The Kier molecular flexibility index (Phi) is 2.47. The first kappa shape index (κ1) is 10.4. The average Bonchev–Trinajstić information content (AvgIpc) is 2.71. The molecule has 1 aromatic heterocycles. The van der Waals surface area contributed by atoms with Gasteiger partial charge in [-0.3, -0.25) is 4.79 Å². The maximum Gasteiger partial charge on any atom is 0.294 e. The lowest BCUT2D eigenvalue weighted by Gasteiger charge is -1.95. The molecule has 0 saturated heterocycles. The molecule has 0 bridgehead atoms. The minimum absolute atomic E-state index is 0.0455. The van der Waals surface area contributed by atoms with Crippen molar-refractivity contribution in [3.63, 3.8) is 0 Å². The maximum atomic E-state index is 12.9. The van der Waals surface area contributed by atoms with Crippen LogP contribution in [0, 0.1) is 11.6 Å². The Hall–Kier alpha value is -2.11. The van der Waals surface area contributed by atoms with Gasteiger partial charge < -0.3 is 4.52 Å². The van der Waals surface area contributed by atoms with Gasteiger partial charge in [-0.1, -0.05) is 5.16 Å². The largest absolute Gasteiger partial charge is 0.330 e. The summed E-state index contributed by atoms with van der Waals surface area (Å²) in [6, 6.07) is 3.19. The molecule has 1 aromatic carbocycles. The first-order chi connectivity index (χ1) is 7.58. The maximum absolute atomic E-state index is 12.9. The summed E-state index contributed by atoms with van der Waals surface area (Å²) in [5.41, 5.74) is 0.246. The lowest BCUT2D eigenvalue weighted by atomic mass is 10.2. The molecule has 4 nitrogen and oxygen atoms in total. The van der Waals surface area contributed by atoms with E-state index in [2.05, 4.69) is 14.7 Å². The Balaban J connectivity index is 2.42. The molecule has 1 heterocycles. The van der Waals surface area contributed by atoms with E-state index in [-0.39, 0.29) is 23.1 Å². The number of hydrogen-bond donors (Lipinski definition) is 0. The zero-order valence-corrected chi connectivity index (χ0v) is 8.20. The van der Waals surface area contributed by atoms with Crippen molar-refractivity contribution < 1.29 is 18.1 Å². The first-order valence-electron chi connectivity index (χ1n) is 4.38. The van der Waals surface area contributed by atoms with Crippen LogP contribution in [0.1, 0.15) is 17.6 Å². The SMILES string of the molecule is CC(=O)c1nc(-c2ccc(F)c(F)c2)no1. The molecule has 0 radical (unpaired) electrons. The molecule has 0 N–H and O–H groups in total. The van der Waals surface area contributed by atoms with Crippen LogP contribution in [-0.4, -0.2) is 15.9 Å². The minimum atomic E-state index is -1.01. The van der Waals surface area contributed by atoms with E-state index in [1.165, 1.54) is 13.0 Å². The van der Waals surface area contributed by atoms with Crippen molar-refractivity contribution in [3.8, 4) is 11.4 Å². The molecular formula is C10H6F2N2O2. The number of nitrogens with zero attached hydrogens (tertiary/aromatic N) is 2. The number of benzene rings is 1. The number of hydrogen-bond acceptors (Lipinski definition) is 4. The van der Waals surface area contributed by atoms with Gasteiger partial charge >= 0.3 is 0 Å². The average molecular weight is 224 g/mol. The molecule has 2 aromatic rings. The molecule has 0 spiro atoms. The third-order valence-electron chi connectivity index (χ3n) is 1.91. The highest BCUT2D eigenvalue weighted by molar-refractivity contribution is 5.89. The molecule has 0 atom stereocenters. The van der Waals surface area contributed by atoms with Crippen molar-refractivity contribution in [1.82, 2.24) is 10.1 Å². The molecule has 0 unspecified atom stereocenters. The van der Waals surface area contributed by atoms with Crippen LogP contribution in [0.5, 0.6) is 0 Å². The van der Waals surface area contributed by atoms with Gasteiger partial charge in [0.2, 0.25) is 11.6 Å². The molecule has 0 amide bonds. The fourth-order valence-corrected chi connectivity index (χ4v) is 1.12. The summed E-state index contributed by atoms with van der Waals surface area (Å²) in [6.07, 6.45) is 0. The Morgan fingerprint density at radius 1 is 1.31 bits per heavy atom. The molecular weight excluding hydrogens is 218 g/mol. The van der Waals surface area contributed by atoms with E-state index in [1.807, 2.05) is 0 Å². The lowest BCUT2D eigenvalue weighted by molar-refractivity contribution is 0.0972. The number of carbonyl (C=O) groups excluding carboxylic acids is 1. The molecule has 0 aliphatic heterocycles. The second-order valence-electron chi connectivity index (χ2n) is 3.11. The standard InChI is InChI=1S/C10H6F2N2O2/c1-5(15)10-13-9(14-16-10)6-2-3-7(11)8(12)4-6/h2-4H,1H3. The van der Waals surface area contributed by atoms with E-state index in [9.17, 15) is 13.6 Å². The highest BCUT2D eigenvalue weighted by atomic mass is 19.2. The van der Waals surface area contributed by atoms with E-state index in [1.54, 1.807) is 0 Å². The number of aromatic nitrogens is 2. The molecule has 0 saturated carbocycles. The van der Waals surface area contributed by atoms with Gasteiger partial charge in [0, 0.05) is 12.5 Å². The summed E-state index contributed by atoms with van der Waals surface area (Å²) in [4.78, 5) is 14.6. The molecule has 2 rings (SSSR count). The second-order valence-corrected chi connectivity index (χ2v) is 3.11. The fourth-order valence-electron chi connectivity index (χ4n) is 1.12. The fraction of sp³-hybridized carbons (Fsp3) is 0.100. The summed E-state index contributed by atoms with van der Waals surface area (Å²) in [7, 11) is 0. The predicted molar refractivity (Wildman–Crippen MR) is 49.7 cm³/mol. The van der Waals surface area contributed by atoms with Crippen molar-refractivity contribution in [1.29, 1.82) is 0 Å². The van der Waals surface area contributed by atoms with Crippen LogP contribution in [0.15, 0.2) is 22.7 Å². The molecule has 0 aliphatic carbocycles. The number of Topliss-reactive ketones (excluding diaryl/α,β-unsaturated/α-hetero) is 1. The van der Waals surface area contributed by atoms with E-state index < -0.39 is 11.6 Å². The number of rotatable bonds is 2. The smallest absolute Gasteiger partial charge is 0.294 e. The van der Waals surface area contributed by atoms with Gasteiger partial charge in [-0.25, -0.2) is 8.78 Å². The van der Waals surface area contributed by atoms with Crippen LogP contribution in [0.3, 0.4) is 0 Å². The zero-order chi connectivity index (χ0) is 11.7. The summed E-state index contributed by atoms with van der Waals surface area (Å²) in [5, 5.41) is 3.48. The highest BCUT2D eigenvalue weighted by Crippen LogP contribution is 2.18. The molecule has 0 fully saturated rings. The third kappa shape index (κ3) is 1.81. The summed E-state index contributed by atoms with van der Waals surface area (Å²) < 4.78 is 30.2. The monoisotopic (exact) mass is 224 g/mol. The summed E-state index contributed by atoms with van der Waals surface area (Å²) in [6.45, 7) is 1.27. The van der Waals surface area contributed by atoms with Crippen LogP contribution in [-0.2, 0) is 0 Å². The quantitative estimate of drug-likeness (QED) is 0.734. The van der Waals surface area contributed by atoms with Crippen molar-refractivity contribution >= 4 is 5.78 Å². The van der Waals surface area contributed by atoms with Crippen molar-refractivity contribution in [2.45, 2.75) is 6.92 Å². The van der Waals surface area contributed by atoms with E-state index in [0.717, 1.165) is 12.1 Å². The van der Waals surface area contributed by atoms with Crippen LogP contribution in [0.2, 0.25) is 0 Å². The van der Waals surface area contributed by atoms with Gasteiger partial charge in [-0.15, -0.1) is 0 Å². The minimum Gasteiger partial charge on any atom is -0.330 e. The third-order valence-corrected chi connectivity index (χ3v) is 1.91. The molecule has 82 valence electrons. The predicted octanol–water partition coefficient (Wildman–Crippen LogP) is 2.22. The van der Waals surface area contributed by atoms with Crippen LogP contribution >= 0.6 is 0 Å². The summed E-state index contributed by atoms with van der Waals surface area (Å²) in [5.74, 6) is -2.48. The van der Waals surface area contributed by atoms with Crippen LogP contribution < -0.4 is 0 Å². The van der Waals surface area contributed by atoms with Crippen molar-refractivity contribution in [3.05, 3.63) is 35.7 Å². The lowest BCUT2D eigenvalue weighted by Crippen LogP contribution is -1.91. The molecule has 6 heteroatoms. The van der Waals surface area contributed by atoms with E-state index >= 15 is 0 Å². The van der Waals surface area contributed by atoms with Gasteiger partial charge in [-0.2, -0.15) is 4.98 Å². The van der Waals surface area contributed by atoms with Gasteiger partial charge in [-0.05, 0) is 18.2 Å². The Labute approximate surface area is 88.9 Å². The van der Waals surface area contributed by atoms with Crippen LogP contribution in [0.4, 0.5) is 8.78 Å². The Morgan fingerprint density at radius 2 is 2.06 bits per heavy atom. The summed E-state index contributed by atoms with van der Waals surface area (Å²) >= 11 is 0. The number of halogens is 2. The van der Waals surface area contributed by atoms with E-state index in [0.29, 0.717) is 0 Å². The first-order valence-corrected chi connectivity index (χ1v) is 4.38. The normalized spacial score (nSPS) is 10.4.